The number of carbonyl (C=O) groups excluding carboxylic acids is 1. The van der Waals surface area contributed by atoms with E-state index in [0.29, 0.717) is 12.1 Å². The van der Waals surface area contributed by atoms with E-state index in [4.69, 9.17) is 0 Å². The van der Waals surface area contributed by atoms with E-state index >= 15 is 0 Å². The molecular formula is C17H17NO. The quantitative estimate of drug-likeness (QED) is 0.825. The Hall–Kier alpha value is -2.35. The summed E-state index contributed by atoms with van der Waals surface area (Å²) in [6.07, 6.45) is 0. The van der Waals surface area contributed by atoms with Gasteiger partial charge in [-0.15, -0.1) is 0 Å². The van der Waals surface area contributed by atoms with Crippen molar-refractivity contribution in [3.8, 4) is 11.1 Å². The number of rotatable bonds is 4. The van der Waals surface area contributed by atoms with Gasteiger partial charge in [-0.25, -0.2) is 0 Å². The molecule has 0 aliphatic rings. The molecule has 2 rings (SSSR count). The van der Waals surface area contributed by atoms with Crippen molar-refractivity contribution in [2.45, 2.75) is 6.92 Å². The van der Waals surface area contributed by atoms with E-state index < -0.39 is 0 Å². The van der Waals surface area contributed by atoms with Gasteiger partial charge in [-0.3, -0.25) is 4.79 Å². The molecule has 0 heterocycles. The topological polar surface area (TPSA) is 29.1 Å². The third-order valence-corrected chi connectivity index (χ3v) is 2.80. The molecule has 0 spiro atoms. The van der Waals surface area contributed by atoms with Gasteiger partial charge >= 0.3 is 0 Å². The predicted molar refractivity (Wildman–Crippen MR) is 79.0 cm³/mol. The molecule has 0 unspecified atom stereocenters. The summed E-state index contributed by atoms with van der Waals surface area (Å²) >= 11 is 0. The van der Waals surface area contributed by atoms with Gasteiger partial charge < -0.3 is 5.32 Å². The molecule has 0 saturated carbocycles. The van der Waals surface area contributed by atoms with Crippen molar-refractivity contribution in [1.82, 2.24) is 5.32 Å². The fourth-order valence-corrected chi connectivity index (χ4v) is 1.78. The van der Waals surface area contributed by atoms with E-state index in [1.54, 1.807) is 0 Å². The predicted octanol–water partition coefficient (Wildman–Crippen LogP) is 3.66. The molecule has 0 radical (unpaired) electrons. The molecule has 0 aliphatic carbocycles. The first-order valence-electron chi connectivity index (χ1n) is 6.25. The summed E-state index contributed by atoms with van der Waals surface area (Å²) in [5, 5.41) is 2.82. The van der Waals surface area contributed by atoms with Crippen LogP contribution in [0.1, 0.15) is 17.3 Å². The fourth-order valence-electron chi connectivity index (χ4n) is 1.78. The summed E-state index contributed by atoms with van der Waals surface area (Å²) in [4.78, 5) is 11.8. The zero-order valence-electron chi connectivity index (χ0n) is 11.0. The van der Waals surface area contributed by atoms with Gasteiger partial charge in [0.1, 0.15) is 0 Å². The Morgan fingerprint density at radius 3 is 2.16 bits per heavy atom. The van der Waals surface area contributed by atoms with Crippen molar-refractivity contribution < 1.29 is 4.79 Å². The third-order valence-electron chi connectivity index (χ3n) is 2.80. The Labute approximate surface area is 113 Å². The summed E-state index contributed by atoms with van der Waals surface area (Å²) in [5.41, 5.74) is 3.86. The van der Waals surface area contributed by atoms with Crippen LogP contribution in [0, 0.1) is 0 Å². The molecule has 0 bridgehead atoms. The van der Waals surface area contributed by atoms with Crippen molar-refractivity contribution >= 4 is 5.91 Å². The summed E-state index contributed by atoms with van der Waals surface area (Å²) in [5.74, 6) is -0.0670. The highest BCUT2D eigenvalue weighted by Crippen LogP contribution is 2.19. The van der Waals surface area contributed by atoms with Crippen LogP contribution < -0.4 is 5.32 Å². The lowest BCUT2D eigenvalue weighted by Crippen LogP contribution is -2.24. The number of amides is 1. The first-order chi connectivity index (χ1) is 9.16. The number of hydrogen-bond donors (Lipinski definition) is 1. The van der Waals surface area contributed by atoms with Gasteiger partial charge in [0.05, 0.1) is 0 Å². The van der Waals surface area contributed by atoms with Crippen LogP contribution in [0.4, 0.5) is 0 Å². The standard InChI is InChI=1S/C17H17NO/c1-13(2)12-18-17(19)16-10-8-15(9-11-16)14-6-4-3-5-7-14/h3-11H,1,12H2,2H3,(H,18,19). The van der Waals surface area contributed by atoms with E-state index in [-0.39, 0.29) is 5.91 Å². The minimum absolute atomic E-state index is 0.0670. The average molecular weight is 251 g/mol. The van der Waals surface area contributed by atoms with Crippen LogP contribution in [-0.2, 0) is 0 Å². The van der Waals surface area contributed by atoms with E-state index in [1.165, 1.54) is 0 Å². The monoisotopic (exact) mass is 251 g/mol. The zero-order valence-corrected chi connectivity index (χ0v) is 11.0. The van der Waals surface area contributed by atoms with Gasteiger partial charge in [0, 0.05) is 12.1 Å². The van der Waals surface area contributed by atoms with Crippen molar-refractivity contribution in [2.24, 2.45) is 0 Å². The molecule has 2 aromatic rings. The Balaban J connectivity index is 2.10. The fraction of sp³-hybridized carbons (Fsp3) is 0.118. The van der Waals surface area contributed by atoms with E-state index in [9.17, 15) is 4.79 Å². The molecule has 0 aliphatic heterocycles. The van der Waals surface area contributed by atoms with Crippen LogP contribution in [0.25, 0.3) is 11.1 Å². The van der Waals surface area contributed by atoms with Gasteiger partial charge in [0.15, 0.2) is 0 Å². The van der Waals surface area contributed by atoms with Crippen molar-refractivity contribution in [1.29, 1.82) is 0 Å². The molecule has 2 heteroatoms. The van der Waals surface area contributed by atoms with Crippen LogP contribution in [0.15, 0.2) is 66.7 Å². The number of benzene rings is 2. The first kappa shape index (κ1) is 13.1. The third kappa shape index (κ3) is 3.55. The zero-order chi connectivity index (χ0) is 13.7. The first-order valence-corrected chi connectivity index (χ1v) is 6.25. The second kappa shape index (κ2) is 6.01. The molecule has 2 nitrogen and oxygen atoms in total. The summed E-state index contributed by atoms with van der Waals surface area (Å²) in [6.45, 7) is 6.16. The largest absolute Gasteiger partial charge is 0.348 e. The van der Waals surface area contributed by atoms with Crippen LogP contribution >= 0.6 is 0 Å². The smallest absolute Gasteiger partial charge is 0.251 e. The number of nitrogens with one attached hydrogen (secondary N) is 1. The summed E-state index contributed by atoms with van der Waals surface area (Å²) in [7, 11) is 0. The van der Waals surface area contributed by atoms with Crippen molar-refractivity contribution in [3.63, 3.8) is 0 Å². The molecule has 96 valence electrons. The Bertz CT molecular complexity index is 570. The normalized spacial score (nSPS) is 9.95. The van der Waals surface area contributed by atoms with E-state index in [2.05, 4.69) is 24.0 Å². The molecule has 1 amide bonds. The Morgan fingerprint density at radius 2 is 1.58 bits per heavy atom. The SMILES string of the molecule is C=C(C)CNC(=O)c1ccc(-c2ccccc2)cc1. The Morgan fingerprint density at radius 1 is 1.00 bits per heavy atom. The molecule has 0 saturated heterocycles. The molecule has 0 atom stereocenters. The molecular weight excluding hydrogens is 234 g/mol. The number of carbonyl (C=O) groups is 1. The lowest BCUT2D eigenvalue weighted by molar-refractivity contribution is 0.0957. The van der Waals surface area contributed by atoms with E-state index in [0.717, 1.165) is 16.7 Å². The maximum absolute atomic E-state index is 11.8. The molecule has 19 heavy (non-hydrogen) atoms. The van der Waals surface area contributed by atoms with Gasteiger partial charge in [-0.1, -0.05) is 54.6 Å². The maximum Gasteiger partial charge on any atom is 0.251 e. The van der Waals surface area contributed by atoms with Gasteiger partial charge in [-0.05, 0) is 30.2 Å². The lowest BCUT2D eigenvalue weighted by atomic mass is 10.0. The second-order valence-electron chi connectivity index (χ2n) is 4.58. The molecule has 0 fully saturated rings. The highest BCUT2D eigenvalue weighted by Gasteiger charge is 2.05. The highest BCUT2D eigenvalue weighted by molar-refractivity contribution is 5.94. The lowest BCUT2D eigenvalue weighted by Gasteiger charge is -2.06. The van der Waals surface area contributed by atoms with Gasteiger partial charge in [0.25, 0.3) is 5.91 Å². The van der Waals surface area contributed by atoms with Crippen LogP contribution in [0.2, 0.25) is 0 Å². The van der Waals surface area contributed by atoms with Crippen LogP contribution in [0.3, 0.4) is 0 Å². The van der Waals surface area contributed by atoms with Crippen molar-refractivity contribution in [2.75, 3.05) is 6.54 Å². The molecule has 0 aromatic heterocycles. The molecule has 1 N–H and O–H groups in total. The Kier molecular flexibility index (Phi) is 4.14. The number of hydrogen-bond acceptors (Lipinski definition) is 1. The maximum atomic E-state index is 11.8. The van der Waals surface area contributed by atoms with E-state index in [1.807, 2.05) is 49.4 Å². The van der Waals surface area contributed by atoms with Gasteiger partial charge in [0.2, 0.25) is 0 Å². The minimum Gasteiger partial charge on any atom is -0.348 e. The summed E-state index contributed by atoms with van der Waals surface area (Å²) in [6, 6.07) is 17.7. The molecule has 2 aromatic carbocycles. The second-order valence-corrected chi connectivity index (χ2v) is 4.58. The average Bonchev–Trinajstić information content (AvgIpc) is 2.46. The minimum atomic E-state index is -0.0670. The highest BCUT2D eigenvalue weighted by atomic mass is 16.1. The van der Waals surface area contributed by atoms with Crippen LogP contribution in [-0.4, -0.2) is 12.5 Å². The van der Waals surface area contributed by atoms with Gasteiger partial charge in [-0.2, -0.15) is 0 Å². The summed E-state index contributed by atoms with van der Waals surface area (Å²) < 4.78 is 0. The van der Waals surface area contributed by atoms with Crippen molar-refractivity contribution in [3.05, 3.63) is 72.3 Å². The van der Waals surface area contributed by atoms with Crippen LogP contribution in [0.5, 0.6) is 0 Å².